The van der Waals surface area contributed by atoms with Gasteiger partial charge < -0.3 is 4.90 Å². The van der Waals surface area contributed by atoms with E-state index in [0.717, 1.165) is 19.3 Å². The topological polar surface area (TPSA) is 79.0 Å². The summed E-state index contributed by atoms with van der Waals surface area (Å²) in [5, 5.41) is 9.95. The Morgan fingerprint density at radius 1 is 1.26 bits per heavy atom. The molecule has 0 atom stereocenters. The van der Waals surface area contributed by atoms with Gasteiger partial charge in [-0.1, -0.05) is 31.5 Å². The van der Waals surface area contributed by atoms with Crippen molar-refractivity contribution in [2.24, 2.45) is 0 Å². The lowest BCUT2D eigenvalue weighted by Gasteiger charge is -2.19. The van der Waals surface area contributed by atoms with Crippen molar-refractivity contribution in [3.05, 3.63) is 34.1 Å². The predicted octanol–water partition coefficient (Wildman–Crippen LogP) is 3.68. The van der Waals surface area contributed by atoms with Gasteiger partial charge in [0.1, 0.15) is 0 Å². The highest BCUT2D eigenvalue weighted by atomic mass is 32.2. The molecule has 2 aromatic rings. The second-order valence-electron chi connectivity index (χ2n) is 6.21. The highest BCUT2D eigenvalue weighted by Gasteiger charge is 2.16. The third-order valence-corrected chi connectivity index (χ3v) is 5.31. The molecule has 1 amide bonds. The molecule has 0 spiro atoms. The number of carbonyl (C=O) groups excluding carboxylic acids is 1. The smallest absolute Gasteiger partial charge is 0.262 e. The third-order valence-electron chi connectivity index (χ3n) is 4.47. The molecular formula is C20H26N4O2S. The van der Waals surface area contributed by atoms with Crippen LogP contribution in [-0.2, 0) is 6.54 Å². The highest BCUT2D eigenvalue weighted by Crippen LogP contribution is 2.20. The number of unbranched alkanes of at least 4 members (excludes halogenated alkanes) is 2. The van der Waals surface area contributed by atoms with Crippen LogP contribution in [0, 0.1) is 11.3 Å². The number of nitrogens with zero attached hydrogens (tertiary/aromatic N) is 4. The molecule has 7 heteroatoms. The minimum atomic E-state index is -0.113. The fourth-order valence-electron chi connectivity index (χ4n) is 2.95. The SMILES string of the molecule is CCCCCn1c(SCC#N)nc2cc(C(=O)N(CC)CC)ccc2c1=O. The Kier molecular flexibility index (Phi) is 7.86. The number of thioether (sulfide) groups is 1. The average molecular weight is 387 g/mol. The average Bonchev–Trinajstić information content (AvgIpc) is 2.68. The maximum atomic E-state index is 13.0. The highest BCUT2D eigenvalue weighted by molar-refractivity contribution is 7.99. The van der Waals surface area contributed by atoms with Gasteiger partial charge in [0, 0.05) is 25.2 Å². The molecule has 1 aromatic heterocycles. The Morgan fingerprint density at radius 3 is 2.63 bits per heavy atom. The number of amides is 1. The normalized spacial score (nSPS) is 10.7. The summed E-state index contributed by atoms with van der Waals surface area (Å²) < 4.78 is 1.66. The lowest BCUT2D eigenvalue weighted by molar-refractivity contribution is 0.0773. The molecule has 0 aliphatic carbocycles. The van der Waals surface area contributed by atoms with Gasteiger partial charge in [-0.25, -0.2) is 4.98 Å². The van der Waals surface area contributed by atoms with Crippen LogP contribution in [0.2, 0.25) is 0 Å². The molecule has 144 valence electrons. The minimum absolute atomic E-state index is 0.0675. The summed E-state index contributed by atoms with van der Waals surface area (Å²) in [6.07, 6.45) is 2.99. The molecule has 1 aromatic carbocycles. The van der Waals surface area contributed by atoms with E-state index in [1.54, 1.807) is 27.7 Å². The van der Waals surface area contributed by atoms with Crippen molar-refractivity contribution in [3.8, 4) is 6.07 Å². The Balaban J connectivity index is 2.51. The van der Waals surface area contributed by atoms with Gasteiger partial charge in [-0.15, -0.1) is 0 Å². The lowest BCUT2D eigenvalue weighted by Crippen LogP contribution is -2.30. The fourth-order valence-corrected chi connectivity index (χ4v) is 3.64. The van der Waals surface area contributed by atoms with E-state index in [1.165, 1.54) is 11.8 Å². The summed E-state index contributed by atoms with van der Waals surface area (Å²) in [7, 11) is 0. The Bertz CT molecular complexity index is 897. The van der Waals surface area contributed by atoms with Gasteiger partial charge in [-0.05, 0) is 38.5 Å². The molecule has 1 heterocycles. The molecule has 0 aliphatic rings. The summed E-state index contributed by atoms with van der Waals surface area (Å²) in [4.78, 5) is 31.9. The van der Waals surface area contributed by atoms with Crippen LogP contribution in [0.4, 0.5) is 0 Å². The van der Waals surface area contributed by atoms with Crippen molar-refractivity contribution in [1.29, 1.82) is 5.26 Å². The summed E-state index contributed by atoms with van der Waals surface area (Å²) >= 11 is 1.26. The van der Waals surface area contributed by atoms with Gasteiger partial charge in [0.25, 0.3) is 11.5 Å². The predicted molar refractivity (Wildman–Crippen MR) is 109 cm³/mol. The summed E-state index contributed by atoms with van der Waals surface area (Å²) in [6.45, 7) is 7.83. The first-order valence-corrected chi connectivity index (χ1v) is 10.4. The summed E-state index contributed by atoms with van der Waals surface area (Å²) in [6, 6.07) is 7.16. The van der Waals surface area contributed by atoms with Gasteiger partial charge in [0.2, 0.25) is 0 Å². The van der Waals surface area contributed by atoms with E-state index in [4.69, 9.17) is 5.26 Å². The van der Waals surface area contributed by atoms with Crippen molar-refractivity contribution in [1.82, 2.24) is 14.5 Å². The van der Waals surface area contributed by atoms with E-state index in [-0.39, 0.29) is 17.2 Å². The fraction of sp³-hybridized carbons (Fsp3) is 0.500. The van der Waals surface area contributed by atoms with E-state index in [0.29, 0.717) is 41.3 Å². The van der Waals surface area contributed by atoms with E-state index >= 15 is 0 Å². The molecule has 0 radical (unpaired) electrons. The molecule has 0 aliphatic heterocycles. The number of fused-ring (bicyclic) bond motifs is 1. The number of rotatable bonds is 9. The second-order valence-corrected chi connectivity index (χ2v) is 7.16. The van der Waals surface area contributed by atoms with Crippen LogP contribution in [0.5, 0.6) is 0 Å². The molecule has 0 saturated heterocycles. The molecule has 0 unspecified atom stereocenters. The molecule has 0 fully saturated rings. The minimum Gasteiger partial charge on any atom is -0.339 e. The molecule has 0 N–H and O–H groups in total. The second kappa shape index (κ2) is 10.1. The van der Waals surface area contributed by atoms with Crippen LogP contribution in [0.1, 0.15) is 50.4 Å². The van der Waals surface area contributed by atoms with Crippen LogP contribution < -0.4 is 5.56 Å². The zero-order valence-corrected chi connectivity index (χ0v) is 17.0. The van der Waals surface area contributed by atoms with Gasteiger partial charge in [0.15, 0.2) is 5.16 Å². The molecule has 27 heavy (non-hydrogen) atoms. The molecule has 6 nitrogen and oxygen atoms in total. The van der Waals surface area contributed by atoms with E-state index in [2.05, 4.69) is 18.0 Å². The van der Waals surface area contributed by atoms with Gasteiger partial charge >= 0.3 is 0 Å². The largest absolute Gasteiger partial charge is 0.339 e. The Morgan fingerprint density at radius 2 is 2.00 bits per heavy atom. The van der Waals surface area contributed by atoms with E-state index in [1.807, 2.05) is 13.8 Å². The molecular weight excluding hydrogens is 360 g/mol. The zero-order valence-electron chi connectivity index (χ0n) is 16.2. The molecule has 2 rings (SSSR count). The summed E-state index contributed by atoms with van der Waals surface area (Å²) in [5.41, 5.74) is 0.918. The van der Waals surface area contributed by atoms with Crippen LogP contribution >= 0.6 is 11.8 Å². The van der Waals surface area contributed by atoms with Gasteiger partial charge in [0.05, 0.1) is 22.7 Å². The first-order valence-electron chi connectivity index (χ1n) is 9.40. The maximum absolute atomic E-state index is 13.0. The van der Waals surface area contributed by atoms with Crippen LogP contribution in [0.25, 0.3) is 10.9 Å². The standard InChI is InChI=1S/C20H26N4O2S/c1-4-7-8-12-24-19(26)16-10-9-15(18(25)23(5-2)6-3)14-17(16)22-20(24)27-13-11-21/h9-10,14H,4-8,12-13H2,1-3H3. The van der Waals surface area contributed by atoms with Crippen molar-refractivity contribution in [2.45, 2.75) is 51.7 Å². The monoisotopic (exact) mass is 386 g/mol. The number of hydrogen-bond acceptors (Lipinski definition) is 5. The third kappa shape index (κ3) is 4.89. The zero-order chi connectivity index (χ0) is 19.8. The van der Waals surface area contributed by atoms with Gasteiger partial charge in [-0.2, -0.15) is 5.26 Å². The molecule has 0 saturated carbocycles. The number of hydrogen-bond donors (Lipinski definition) is 0. The number of carbonyl (C=O) groups is 1. The number of benzene rings is 1. The van der Waals surface area contributed by atoms with Gasteiger partial charge in [-0.3, -0.25) is 14.2 Å². The lowest BCUT2D eigenvalue weighted by atomic mass is 10.1. The maximum Gasteiger partial charge on any atom is 0.262 e. The van der Waals surface area contributed by atoms with E-state index < -0.39 is 0 Å². The number of aromatic nitrogens is 2. The Labute approximate surface area is 164 Å². The quantitative estimate of drug-likeness (QED) is 0.373. The summed E-state index contributed by atoms with van der Waals surface area (Å²) in [5.74, 6) is 0.158. The van der Waals surface area contributed by atoms with Crippen LogP contribution in [0.3, 0.4) is 0 Å². The Hall–Kier alpha value is -2.33. The van der Waals surface area contributed by atoms with Crippen LogP contribution in [0.15, 0.2) is 28.2 Å². The first kappa shape index (κ1) is 21.0. The van der Waals surface area contributed by atoms with Crippen molar-refractivity contribution in [2.75, 3.05) is 18.8 Å². The van der Waals surface area contributed by atoms with Crippen molar-refractivity contribution >= 4 is 28.6 Å². The van der Waals surface area contributed by atoms with Crippen LogP contribution in [-0.4, -0.2) is 39.2 Å². The van der Waals surface area contributed by atoms with Crippen molar-refractivity contribution < 1.29 is 4.79 Å². The van der Waals surface area contributed by atoms with Crippen molar-refractivity contribution in [3.63, 3.8) is 0 Å². The van der Waals surface area contributed by atoms with E-state index in [9.17, 15) is 9.59 Å². The molecule has 0 bridgehead atoms. The number of nitriles is 1. The first-order chi connectivity index (χ1) is 13.1.